The molecule has 118 valence electrons. The van der Waals surface area contributed by atoms with Gasteiger partial charge in [0.05, 0.1) is 10.7 Å². The van der Waals surface area contributed by atoms with Gasteiger partial charge in [0.1, 0.15) is 0 Å². The van der Waals surface area contributed by atoms with Crippen LogP contribution in [0.15, 0.2) is 18.2 Å². The third kappa shape index (κ3) is 5.94. The van der Waals surface area contributed by atoms with Crippen molar-refractivity contribution >= 4 is 28.9 Å². The maximum absolute atomic E-state index is 11.9. The van der Waals surface area contributed by atoms with Gasteiger partial charge in [0.2, 0.25) is 5.91 Å². The summed E-state index contributed by atoms with van der Waals surface area (Å²) in [6.45, 7) is 5.32. The average molecular weight is 312 g/mol. The number of nitrogen functional groups attached to an aromatic ring is 1. The van der Waals surface area contributed by atoms with E-state index in [2.05, 4.69) is 31.1 Å². The zero-order valence-corrected chi connectivity index (χ0v) is 13.9. The van der Waals surface area contributed by atoms with E-state index < -0.39 is 0 Å². The molecule has 0 saturated heterocycles. The van der Waals surface area contributed by atoms with Crippen molar-refractivity contribution in [3.63, 3.8) is 0 Å². The number of amides is 1. The van der Waals surface area contributed by atoms with Gasteiger partial charge in [-0.1, -0.05) is 25.4 Å². The van der Waals surface area contributed by atoms with Gasteiger partial charge >= 0.3 is 0 Å². The van der Waals surface area contributed by atoms with E-state index in [0.29, 0.717) is 28.9 Å². The van der Waals surface area contributed by atoms with E-state index in [-0.39, 0.29) is 5.91 Å². The Morgan fingerprint density at radius 3 is 2.62 bits per heavy atom. The molecule has 1 amide bonds. The molecule has 0 unspecified atom stereocenters. The fraction of sp³-hybridized carbons (Fsp3) is 0.562. The number of nitrogens with zero attached hydrogens (tertiary/aromatic N) is 1. The maximum atomic E-state index is 11.9. The molecule has 0 aliphatic rings. The van der Waals surface area contributed by atoms with Crippen molar-refractivity contribution in [1.29, 1.82) is 0 Å². The summed E-state index contributed by atoms with van der Waals surface area (Å²) < 4.78 is 0. The van der Waals surface area contributed by atoms with E-state index >= 15 is 0 Å². The quantitative estimate of drug-likeness (QED) is 0.719. The molecule has 0 aliphatic carbocycles. The van der Waals surface area contributed by atoms with Crippen LogP contribution in [-0.2, 0) is 4.79 Å². The Morgan fingerprint density at radius 1 is 1.38 bits per heavy atom. The first-order valence-electron chi connectivity index (χ1n) is 7.53. The van der Waals surface area contributed by atoms with Gasteiger partial charge in [-0.3, -0.25) is 4.79 Å². The van der Waals surface area contributed by atoms with Crippen LogP contribution in [0.2, 0.25) is 5.02 Å². The molecule has 0 spiro atoms. The summed E-state index contributed by atoms with van der Waals surface area (Å²) in [4.78, 5) is 14.2. The minimum absolute atomic E-state index is 0.0142. The summed E-state index contributed by atoms with van der Waals surface area (Å²) in [7, 11) is 2.12. The molecule has 0 aliphatic heterocycles. The normalized spacial score (nSPS) is 11.1. The third-order valence-corrected chi connectivity index (χ3v) is 4.06. The standard InChI is InChI=1S/C16H26ClN3O/c1-4-13(5-2)20(3)10-6-7-16(21)19-15-9-8-12(18)11-14(15)17/h8-9,11,13H,4-7,10,18H2,1-3H3,(H,19,21). The van der Waals surface area contributed by atoms with E-state index in [9.17, 15) is 4.79 Å². The predicted octanol–water partition coefficient (Wildman–Crippen LogP) is 3.76. The molecule has 0 aromatic heterocycles. The van der Waals surface area contributed by atoms with Crippen LogP contribution < -0.4 is 11.1 Å². The molecule has 1 aromatic rings. The van der Waals surface area contributed by atoms with E-state index in [1.807, 2.05) is 0 Å². The van der Waals surface area contributed by atoms with Crippen molar-refractivity contribution in [3.05, 3.63) is 23.2 Å². The molecular weight excluding hydrogens is 286 g/mol. The minimum atomic E-state index is -0.0142. The molecule has 0 radical (unpaired) electrons. The summed E-state index contributed by atoms with van der Waals surface area (Å²) >= 11 is 6.03. The summed E-state index contributed by atoms with van der Waals surface area (Å²) in [5, 5.41) is 3.29. The highest BCUT2D eigenvalue weighted by molar-refractivity contribution is 6.34. The number of rotatable bonds is 8. The van der Waals surface area contributed by atoms with E-state index in [1.165, 1.54) is 0 Å². The Bertz CT molecular complexity index is 461. The number of hydrogen-bond acceptors (Lipinski definition) is 3. The fourth-order valence-electron chi connectivity index (χ4n) is 2.43. The van der Waals surface area contributed by atoms with Gasteiger partial charge in [0.15, 0.2) is 0 Å². The lowest BCUT2D eigenvalue weighted by atomic mass is 10.1. The van der Waals surface area contributed by atoms with Crippen molar-refractivity contribution in [2.45, 2.75) is 45.6 Å². The molecule has 1 rings (SSSR count). The summed E-state index contributed by atoms with van der Waals surface area (Å²) in [6.07, 6.45) is 3.61. The molecule has 1 aromatic carbocycles. The van der Waals surface area contributed by atoms with Crippen LogP contribution in [0.3, 0.4) is 0 Å². The van der Waals surface area contributed by atoms with Crippen LogP contribution in [0.1, 0.15) is 39.5 Å². The topological polar surface area (TPSA) is 58.4 Å². The maximum Gasteiger partial charge on any atom is 0.224 e. The lowest BCUT2D eigenvalue weighted by molar-refractivity contribution is -0.116. The Labute approximate surface area is 132 Å². The van der Waals surface area contributed by atoms with E-state index in [0.717, 1.165) is 25.8 Å². The van der Waals surface area contributed by atoms with E-state index in [1.54, 1.807) is 18.2 Å². The van der Waals surface area contributed by atoms with Gasteiger partial charge in [0, 0.05) is 18.2 Å². The first-order chi connectivity index (χ1) is 9.97. The minimum Gasteiger partial charge on any atom is -0.399 e. The Kier molecular flexibility index (Phi) is 7.54. The number of carbonyl (C=O) groups excluding carboxylic acids is 1. The molecular formula is C16H26ClN3O. The van der Waals surface area contributed by atoms with Crippen LogP contribution in [0.25, 0.3) is 0 Å². The second-order valence-electron chi connectivity index (χ2n) is 5.34. The Hall–Kier alpha value is -1.26. The molecule has 0 saturated carbocycles. The molecule has 0 heterocycles. The molecule has 4 nitrogen and oxygen atoms in total. The van der Waals surface area contributed by atoms with Crippen LogP contribution in [0.4, 0.5) is 11.4 Å². The van der Waals surface area contributed by atoms with Crippen LogP contribution in [0.5, 0.6) is 0 Å². The largest absolute Gasteiger partial charge is 0.399 e. The lowest BCUT2D eigenvalue weighted by Crippen LogP contribution is -2.31. The fourth-order valence-corrected chi connectivity index (χ4v) is 2.67. The summed E-state index contributed by atoms with van der Waals surface area (Å²) in [6, 6.07) is 5.69. The van der Waals surface area contributed by atoms with Gasteiger partial charge in [-0.05, 0) is 51.1 Å². The zero-order chi connectivity index (χ0) is 15.8. The number of benzene rings is 1. The summed E-state index contributed by atoms with van der Waals surface area (Å²) in [5.74, 6) is -0.0142. The van der Waals surface area contributed by atoms with Gasteiger partial charge in [-0.15, -0.1) is 0 Å². The summed E-state index contributed by atoms with van der Waals surface area (Å²) in [5.41, 5.74) is 6.83. The van der Waals surface area contributed by atoms with Crippen molar-refractivity contribution in [1.82, 2.24) is 4.90 Å². The van der Waals surface area contributed by atoms with Gasteiger partial charge in [0.25, 0.3) is 0 Å². The Balaban J connectivity index is 2.37. The monoisotopic (exact) mass is 311 g/mol. The second kappa shape index (κ2) is 8.90. The van der Waals surface area contributed by atoms with Crippen molar-refractivity contribution in [2.24, 2.45) is 0 Å². The SMILES string of the molecule is CCC(CC)N(C)CCCC(=O)Nc1ccc(N)cc1Cl. The smallest absolute Gasteiger partial charge is 0.224 e. The predicted molar refractivity (Wildman–Crippen MR) is 90.7 cm³/mol. The van der Waals surface area contributed by atoms with Crippen LogP contribution in [0, 0.1) is 0 Å². The van der Waals surface area contributed by atoms with E-state index in [4.69, 9.17) is 17.3 Å². The number of nitrogens with two attached hydrogens (primary N) is 1. The first kappa shape index (κ1) is 17.8. The highest BCUT2D eigenvalue weighted by atomic mass is 35.5. The number of carbonyl (C=O) groups is 1. The molecule has 0 atom stereocenters. The average Bonchev–Trinajstić information content (AvgIpc) is 2.43. The third-order valence-electron chi connectivity index (χ3n) is 3.75. The van der Waals surface area contributed by atoms with Gasteiger partial charge < -0.3 is 16.0 Å². The van der Waals surface area contributed by atoms with Gasteiger partial charge in [-0.2, -0.15) is 0 Å². The number of halogens is 1. The molecule has 0 bridgehead atoms. The lowest BCUT2D eigenvalue weighted by Gasteiger charge is -2.25. The Morgan fingerprint density at radius 2 is 2.05 bits per heavy atom. The van der Waals surface area contributed by atoms with Crippen LogP contribution in [-0.4, -0.2) is 30.4 Å². The molecule has 3 N–H and O–H groups in total. The first-order valence-corrected chi connectivity index (χ1v) is 7.90. The van der Waals surface area contributed by atoms with Crippen molar-refractivity contribution in [3.8, 4) is 0 Å². The molecule has 5 heteroatoms. The van der Waals surface area contributed by atoms with Crippen molar-refractivity contribution in [2.75, 3.05) is 24.6 Å². The number of anilines is 2. The highest BCUT2D eigenvalue weighted by Crippen LogP contribution is 2.24. The number of hydrogen-bond donors (Lipinski definition) is 2. The van der Waals surface area contributed by atoms with Crippen molar-refractivity contribution < 1.29 is 4.79 Å². The highest BCUT2D eigenvalue weighted by Gasteiger charge is 2.11. The number of nitrogens with one attached hydrogen (secondary N) is 1. The molecule has 21 heavy (non-hydrogen) atoms. The zero-order valence-electron chi connectivity index (χ0n) is 13.2. The van der Waals surface area contributed by atoms with Gasteiger partial charge in [-0.25, -0.2) is 0 Å². The second-order valence-corrected chi connectivity index (χ2v) is 5.75. The molecule has 0 fully saturated rings. The van der Waals surface area contributed by atoms with Crippen LogP contribution >= 0.6 is 11.6 Å².